The Morgan fingerprint density at radius 2 is 1.68 bits per heavy atom. The fourth-order valence-corrected chi connectivity index (χ4v) is 2.81. The van der Waals surface area contributed by atoms with Gasteiger partial charge in [0, 0.05) is 20.2 Å². The molecule has 1 N–H and O–H groups in total. The van der Waals surface area contributed by atoms with Crippen molar-refractivity contribution in [1.29, 1.82) is 0 Å². The SMILES string of the molecule is FC(F)(CNc1ccc(Br)cc1Br)c1ccccc1. The number of benzene rings is 2. The molecule has 2 aromatic rings. The van der Waals surface area contributed by atoms with E-state index < -0.39 is 12.5 Å². The van der Waals surface area contributed by atoms with Crippen LogP contribution in [0.3, 0.4) is 0 Å². The van der Waals surface area contributed by atoms with Gasteiger partial charge in [-0.2, -0.15) is 8.78 Å². The van der Waals surface area contributed by atoms with Gasteiger partial charge in [-0.1, -0.05) is 46.3 Å². The normalized spacial score (nSPS) is 11.4. The average Bonchev–Trinajstić information content (AvgIpc) is 2.39. The highest BCUT2D eigenvalue weighted by Crippen LogP contribution is 2.31. The molecule has 0 amide bonds. The molecule has 1 nitrogen and oxygen atoms in total. The Morgan fingerprint density at radius 3 is 2.32 bits per heavy atom. The third-order valence-corrected chi connectivity index (χ3v) is 3.78. The van der Waals surface area contributed by atoms with Gasteiger partial charge < -0.3 is 5.32 Å². The first-order valence-corrected chi connectivity index (χ1v) is 7.20. The number of hydrogen-bond donors (Lipinski definition) is 1. The van der Waals surface area contributed by atoms with Crippen molar-refractivity contribution in [3.63, 3.8) is 0 Å². The Hall–Kier alpha value is -0.940. The summed E-state index contributed by atoms with van der Waals surface area (Å²) in [6.07, 6.45) is 0. The van der Waals surface area contributed by atoms with Crippen molar-refractivity contribution in [2.75, 3.05) is 11.9 Å². The largest absolute Gasteiger partial charge is 0.378 e. The van der Waals surface area contributed by atoms with Crippen molar-refractivity contribution in [1.82, 2.24) is 0 Å². The number of halogens is 4. The monoisotopic (exact) mass is 389 g/mol. The lowest BCUT2D eigenvalue weighted by molar-refractivity contribution is 0.0106. The van der Waals surface area contributed by atoms with E-state index in [1.54, 1.807) is 30.3 Å². The minimum Gasteiger partial charge on any atom is -0.378 e. The maximum Gasteiger partial charge on any atom is 0.290 e. The third-order valence-electron chi connectivity index (χ3n) is 2.63. The Balaban J connectivity index is 2.09. The van der Waals surface area contributed by atoms with E-state index in [0.717, 1.165) is 8.95 Å². The van der Waals surface area contributed by atoms with Crippen LogP contribution >= 0.6 is 31.9 Å². The minimum atomic E-state index is -2.91. The second-order valence-electron chi connectivity index (χ2n) is 4.05. The average molecular weight is 391 g/mol. The van der Waals surface area contributed by atoms with Crippen molar-refractivity contribution >= 4 is 37.5 Å². The molecule has 0 saturated heterocycles. The predicted octanol–water partition coefficient (Wildman–Crippen LogP) is 5.42. The molecule has 0 aliphatic carbocycles. The fraction of sp³-hybridized carbons (Fsp3) is 0.143. The molecule has 19 heavy (non-hydrogen) atoms. The molecule has 0 saturated carbocycles. The van der Waals surface area contributed by atoms with E-state index in [0.29, 0.717) is 5.69 Å². The van der Waals surface area contributed by atoms with Gasteiger partial charge >= 0.3 is 0 Å². The van der Waals surface area contributed by atoms with Crippen LogP contribution in [0.1, 0.15) is 5.56 Å². The zero-order valence-electron chi connectivity index (χ0n) is 9.84. The molecule has 0 radical (unpaired) electrons. The molecule has 100 valence electrons. The number of alkyl halides is 2. The van der Waals surface area contributed by atoms with Crippen LogP contribution in [0, 0.1) is 0 Å². The Morgan fingerprint density at radius 1 is 1.00 bits per heavy atom. The van der Waals surface area contributed by atoms with Crippen LogP contribution in [-0.4, -0.2) is 6.54 Å². The van der Waals surface area contributed by atoms with Crippen LogP contribution in [0.5, 0.6) is 0 Å². The first-order valence-electron chi connectivity index (χ1n) is 5.61. The lowest BCUT2D eigenvalue weighted by Gasteiger charge is -2.18. The molecule has 2 rings (SSSR count). The van der Waals surface area contributed by atoms with Gasteiger partial charge in [-0.15, -0.1) is 0 Å². The van der Waals surface area contributed by atoms with Crippen LogP contribution in [0.15, 0.2) is 57.5 Å². The summed E-state index contributed by atoms with van der Waals surface area (Å²) in [7, 11) is 0. The van der Waals surface area contributed by atoms with Crippen molar-refractivity contribution in [2.45, 2.75) is 5.92 Å². The molecule has 0 aromatic heterocycles. The van der Waals surface area contributed by atoms with E-state index in [-0.39, 0.29) is 5.56 Å². The van der Waals surface area contributed by atoms with Gasteiger partial charge in [0.05, 0.1) is 6.54 Å². The van der Waals surface area contributed by atoms with Crippen LogP contribution in [0.2, 0.25) is 0 Å². The molecule has 0 heterocycles. The van der Waals surface area contributed by atoms with Gasteiger partial charge in [0.2, 0.25) is 0 Å². The Labute approximate surface area is 127 Å². The van der Waals surface area contributed by atoms with Crippen LogP contribution in [-0.2, 0) is 5.92 Å². The van der Waals surface area contributed by atoms with Crippen molar-refractivity contribution in [3.8, 4) is 0 Å². The van der Waals surface area contributed by atoms with Gasteiger partial charge in [-0.3, -0.25) is 0 Å². The summed E-state index contributed by atoms with van der Waals surface area (Å²) in [5.74, 6) is -2.91. The van der Waals surface area contributed by atoms with Crippen molar-refractivity contribution < 1.29 is 8.78 Å². The molecule has 2 aromatic carbocycles. The van der Waals surface area contributed by atoms with Gasteiger partial charge in [-0.25, -0.2) is 0 Å². The maximum atomic E-state index is 14.0. The lowest BCUT2D eigenvalue weighted by atomic mass is 10.1. The number of hydrogen-bond acceptors (Lipinski definition) is 1. The van der Waals surface area contributed by atoms with Crippen LogP contribution in [0.25, 0.3) is 0 Å². The fourth-order valence-electron chi connectivity index (χ4n) is 1.62. The summed E-state index contributed by atoms with van der Waals surface area (Å²) in [5.41, 5.74) is 0.648. The quantitative estimate of drug-likeness (QED) is 0.735. The molecular formula is C14H11Br2F2N. The summed E-state index contributed by atoms with van der Waals surface area (Å²) in [6.45, 7) is -0.447. The second-order valence-corrected chi connectivity index (χ2v) is 5.82. The number of nitrogens with one attached hydrogen (secondary N) is 1. The van der Waals surface area contributed by atoms with E-state index in [9.17, 15) is 8.78 Å². The number of rotatable bonds is 4. The summed E-state index contributed by atoms with van der Waals surface area (Å²) in [5, 5.41) is 2.76. The molecule has 0 spiro atoms. The molecule has 0 bridgehead atoms. The van der Waals surface area contributed by atoms with E-state index >= 15 is 0 Å². The third kappa shape index (κ3) is 3.76. The molecule has 0 aliphatic rings. The van der Waals surface area contributed by atoms with E-state index in [1.807, 2.05) is 6.07 Å². The molecule has 0 unspecified atom stereocenters. The Kier molecular flexibility index (Phi) is 4.58. The smallest absolute Gasteiger partial charge is 0.290 e. The van der Waals surface area contributed by atoms with E-state index in [2.05, 4.69) is 37.2 Å². The van der Waals surface area contributed by atoms with E-state index in [4.69, 9.17) is 0 Å². The first kappa shape index (κ1) is 14.5. The highest BCUT2D eigenvalue weighted by Gasteiger charge is 2.31. The van der Waals surface area contributed by atoms with Gasteiger partial charge in [0.15, 0.2) is 0 Å². The first-order chi connectivity index (χ1) is 8.99. The molecular weight excluding hydrogens is 380 g/mol. The zero-order chi connectivity index (χ0) is 13.9. The molecule has 5 heteroatoms. The van der Waals surface area contributed by atoms with Gasteiger partial charge in [-0.05, 0) is 34.1 Å². The zero-order valence-corrected chi connectivity index (χ0v) is 13.0. The molecule has 0 fully saturated rings. The van der Waals surface area contributed by atoms with Gasteiger partial charge in [0.1, 0.15) is 0 Å². The molecule has 0 atom stereocenters. The lowest BCUT2D eigenvalue weighted by Crippen LogP contribution is -2.24. The summed E-state index contributed by atoms with van der Waals surface area (Å²) in [4.78, 5) is 0. The van der Waals surface area contributed by atoms with Crippen LogP contribution in [0.4, 0.5) is 14.5 Å². The Bertz CT molecular complexity index is 559. The van der Waals surface area contributed by atoms with Crippen molar-refractivity contribution in [3.05, 3.63) is 63.0 Å². The van der Waals surface area contributed by atoms with Crippen LogP contribution < -0.4 is 5.32 Å². The van der Waals surface area contributed by atoms with E-state index in [1.165, 1.54) is 12.1 Å². The topological polar surface area (TPSA) is 12.0 Å². The number of anilines is 1. The van der Waals surface area contributed by atoms with Gasteiger partial charge in [0.25, 0.3) is 5.92 Å². The molecule has 0 aliphatic heterocycles. The predicted molar refractivity (Wildman–Crippen MR) is 80.7 cm³/mol. The second kappa shape index (κ2) is 6.01. The minimum absolute atomic E-state index is 0.00994. The summed E-state index contributed by atoms with van der Waals surface area (Å²) < 4.78 is 29.6. The summed E-state index contributed by atoms with van der Waals surface area (Å²) >= 11 is 6.65. The highest BCUT2D eigenvalue weighted by atomic mass is 79.9. The highest BCUT2D eigenvalue weighted by molar-refractivity contribution is 9.11. The maximum absolute atomic E-state index is 14.0. The summed E-state index contributed by atoms with van der Waals surface area (Å²) in [6, 6.07) is 13.2. The van der Waals surface area contributed by atoms with Crippen molar-refractivity contribution in [2.24, 2.45) is 0 Å². The standard InChI is InChI=1S/C14H11Br2F2N/c15-11-6-7-13(12(16)8-11)19-9-14(17,18)10-4-2-1-3-5-10/h1-8,19H,9H2.